The normalized spacial score (nSPS) is 27.2. The molecule has 2 nitrogen and oxygen atoms in total. The molecule has 0 spiro atoms. The molecule has 0 aromatic heterocycles. The van der Waals surface area contributed by atoms with Crippen molar-refractivity contribution >= 4 is 11.6 Å². The predicted octanol–water partition coefficient (Wildman–Crippen LogP) is 2.06. The van der Waals surface area contributed by atoms with Gasteiger partial charge in [-0.25, -0.2) is 0 Å². The van der Waals surface area contributed by atoms with Crippen LogP contribution in [0.15, 0.2) is 30.3 Å². The second-order valence-corrected chi connectivity index (χ2v) is 3.57. The Balaban J connectivity index is 2.25. The van der Waals surface area contributed by atoms with Gasteiger partial charge in [0, 0.05) is 11.7 Å². The number of nitrogens with zero attached hydrogens (tertiary/aromatic N) is 1. The first-order valence-corrected chi connectivity index (χ1v) is 4.60. The van der Waals surface area contributed by atoms with Gasteiger partial charge in [-0.15, -0.1) is 0 Å². The summed E-state index contributed by atoms with van der Waals surface area (Å²) >= 11 is 0. The van der Waals surface area contributed by atoms with E-state index < -0.39 is 0 Å². The van der Waals surface area contributed by atoms with Crippen LogP contribution in [0.2, 0.25) is 0 Å². The van der Waals surface area contributed by atoms with Gasteiger partial charge >= 0.3 is 0 Å². The number of carbonyl (C=O) groups excluding carboxylic acids is 1. The zero-order chi connectivity index (χ0) is 9.42. The minimum absolute atomic E-state index is 0.181. The summed E-state index contributed by atoms with van der Waals surface area (Å²) in [5, 5.41) is 0. The van der Waals surface area contributed by atoms with Crippen LogP contribution in [-0.4, -0.2) is 11.9 Å². The SMILES string of the molecule is C[C@@H]1[C@@H](C)C(=O)N1c1ccccc1. The van der Waals surface area contributed by atoms with Crippen LogP contribution in [0.25, 0.3) is 0 Å². The molecule has 0 N–H and O–H groups in total. The summed E-state index contributed by atoms with van der Waals surface area (Å²) in [5.74, 6) is 0.416. The van der Waals surface area contributed by atoms with Crippen LogP contribution >= 0.6 is 0 Å². The predicted molar refractivity (Wildman–Crippen MR) is 52.6 cm³/mol. The van der Waals surface area contributed by atoms with E-state index in [-0.39, 0.29) is 11.8 Å². The van der Waals surface area contributed by atoms with E-state index in [2.05, 4.69) is 6.92 Å². The Morgan fingerprint density at radius 1 is 1.15 bits per heavy atom. The molecule has 1 saturated heterocycles. The molecule has 1 fully saturated rings. The standard InChI is InChI=1S/C11H13NO/c1-8-9(2)12(11(8)13)10-6-4-3-5-7-10/h3-9H,1-2H3/t8-,9-/m1/s1. The lowest BCUT2D eigenvalue weighted by atomic mass is 9.90. The molecule has 0 bridgehead atoms. The number of para-hydroxylation sites is 1. The summed E-state index contributed by atoms with van der Waals surface area (Å²) in [6, 6.07) is 10.2. The van der Waals surface area contributed by atoms with Gasteiger partial charge in [-0.2, -0.15) is 0 Å². The van der Waals surface area contributed by atoms with Crippen LogP contribution in [0, 0.1) is 5.92 Å². The fourth-order valence-electron chi connectivity index (χ4n) is 1.72. The van der Waals surface area contributed by atoms with Crippen molar-refractivity contribution in [2.24, 2.45) is 5.92 Å². The maximum atomic E-state index is 11.5. The van der Waals surface area contributed by atoms with Crippen molar-refractivity contribution in [1.29, 1.82) is 0 Å². The van der Waals surface area contributed by atoms with Crippen molar-refractivity contribution in [2.75, 3.05) is 4.90 Å². The van der Waals surface area contributed by atoms with E-state index in [4.69, 9.17) is 0 Å². The van der Waals surface area contributed by atoms with Crippen LogP contribution < -0.4 is 4.90 Å². The molecule has 2 rings (SSSR count). The lowest BCUT2D eigenvalue weighted by Crippen LogP contribution is -2.58. The smallest absolute Gasteiger partial charge is 0.232 e. The highest BCUT2D eigenvalue weighted by Gasteiger charge is 2.41. The topological polar surface area (TPSA) is 20.3 Å². The van der Waals surface area contributed by atoms with Crippen molar-refractivity contribution in [1.82, 2.24) is 0 Å². The lowest BCUT2D eigenvalue weighted by Gasteiger charge is -2.43. The summed E-state index contributed by atoms with van der Waals surface area (Å²) in [6.07, 6.45) is 0. The molecular formula is C11H13NO. The average molecular weight is 175 g/mol. The molecule has 0 unspecified atom stereocenters. The van der Waals surface area contributed by atoms with Crippen LogP contribution in [-0.2, 0) is 4.79 Å². The highest BCUT2D eigenvalue weighted by Crippen LogP contribution is 2.31. The Morgan fingerprint density at radius 3 is 2.31 bits per heavy atom. The highest BCUT2D eigenvalue weighted by molar-refractivity contribution is 6.02. The molecule has 1 heterocycles. The number of hydrogen-bond acceptors (Lipinski definition) is 1. The first kappa shape index (κ1) is 8.30. The van der Waals surface area contributed by atoms with E-state index >= 15 is 0 Å². The number of β-lactam (4-membered cyclic amide) rings is 1. The van der Waals surface area contributed by atoms with Gasteiger partial charge in [0.1, 0.15) is 0 Å². The van der Waals surface area contributed by atoms with E-state index in [0.717, 1.165) is 5.69 Å². The van der Waals surface area contributed by atoms with Gasteiger partial charge in [-0.05, 0) is 19.1 Å². The third kappa shape index (κ3) is 1.13. The summed E-state index contributed by atoms with van der Waals surface area (Å²) in [6.45, 7) is 4.06. The maximum Gasteiger partial charge on any atom is 0.232 e. The second-order valence-electron chi connectivity index (χ2n) is 3.57. The van der Waals surface area contributed by atoms with Crippen molar-refractivity contribution in [3.8, 4) is 0 Å². The number of rotatable bonds is 1. The van der Waals surface area contributed by atoms with Crippen LogP contribution in [0.3, 0.4) is 0 Å². The zero-order valence-electron chi connectivity index (χ0n) is 7.90. The third-order valence-electron chi connectivity index (χ3n) is 2.79. The largest absolute Gasteiger partial charge is 0.309 e. The minimum atomic E-state index is 0.181. The van der Waals surface area contributed by atoms with Gasteiger partial charge in [-0.3, -0.25) is 4.79 Å². The van der Waals surface area contributed by atoms with Crippen molar-refractivity contribution < 1.29 is 4.79 Å². The fourth-order valence-corrected chi connectivity index (χ4v) is 1.72. The van der Waals surface area contributed by atoms with E-state index in [1.54, 1.807) is 0 Å². The van der Waals surface area contributed by atoms with Crippen molar-refractivity contribution in [3.05, 3.63) is 30.3 Å². The Bertz CT molecular complexity index is 320. The molecule has 68 valence electrons. The van der Waals surface area contributed by atoms with Crippen molar-refractivity contribution in [3.63, 3.8) is 0 Å². The quantitative estimate of drug-likeness (QED) is 0.598. The summed E-state index contributed by atoms with van der Waals surface area (Å²) in [5.41, 5.74) is 1.01. The first-order valence-electron chi connectivity index (χ1n) is 4.60. The zero-order valence-corrected chi connectivity index (χ0v) is 7.90. The number of amides is 1. The minimum Gasteiger partial charge on any atom is -0.309 e. The number of hydrogen-bond donors (Lipinski definition) is 0. The average Bonchev–Trinajstić information content (AvgIpc) is 2.19. The Labute approximate surface area is 78.2 Å². The first-order chi connectivity index (χ1) is 6.22. The van der Waals surface area contributed by atoms with Crippen molar-refractivity contribution in [2.45, 2.75) is 19.9 Å². The molecule has 0 radical (unpaired) electrons. The molecule has 2 atom stereocenters. The summed E-state index contributed by atoms with van der Waals surface area (Å²) in [7, 11) is 0. The fraction of sp³-hybridized carbons (Fsp3) is 0.364. The molecule has 1 aromatic carbocycles. The van der Waals surface area contributed by atoms with E-state index in [0.29, 0.717) is 6.04 Å². The van der Waals surface area contributed by atoms with Gasteiger partial charge in [-0.1, -0.05) is 25.1 Å². The molecule has 1 amide bonds. The van der Waals surface area contributed by atoms with Gasteiger partial charge in [0.15, 0.2) is 0 Å². The van der Waals surface area contributed by atoms with Gasteiger partial charge < -0.3 is 4.90 Å². The maximum absolute atomic E-state index is 11.5. The number of carbonyl (C=O) groups is 1. The monoisotopic (exact) mass is 175 g/mol. The number of benzene rings is 1. The van der Waals surface area contributed by atoms with Crippen LogP contribution in [0.1, 0.15) is 13.8 Å². The molecule has 1 aromatic rings. The van der Waals surface area contributed by atoms with E-state index in [9.17, 15) is 4.79 Å². The Hall–Kier alpha value is -1.31. The van der Waals surface area contributed by atoms with Crippen LogP contribution in [0.5, 0.6) is 0 Å². The molecule has 2 heteroatoms. The third-order valence-corrected chi connectivity index (χ3v) is 2.79. The van der Waals surface area contributed by atoms with Gasteiger partial charge in [0.05, 0.1) is 5.92 Å². The highest BCUT2D eigenvalue weighted by atomic mass is 16.2. The van der Waals surface area contributed by atoms with Gasteiger partial charge in [0.25, 0.3) is 0 Å². The number of anilines is 1. The molecule has 1 aliphatic rings. The summed E-state index contributed by atoms with van der Waals surface area (Å²) in [4.78, 5) is 13.4. The van der Waals surface area contributed by atoms with E-state index in [1.165, 1.54) is 0 Å². The van der Waals surface area contributed by atoms with E-state index in [1.807, 2.05) is 42.2 Å². The summed E-state index contributed by atoms with van der Waals surface area (Å²) < 4.78 is 0. The van der Waals surface area contributed by atoms with Gasteiger partial charge in [0.2, 0.25) is 5.91 Å². The molecular weight excluding hydrogens is 162 g/mol. The Morgan fingerprint density at radius 2 is 1.77 bits per heavy atom. The van der Waals surface area contributed by atoms with Crippen LogP contribution in [0.4, 0.5) is 5.69 Å². The lowest BCUT2D eigenvalue weighted by molar-refractivity contribution is -0.128. The molecule has 0 saturated carbocycles. The second kappa shape index (κ2) is 2.87. The molecule has 1 aliphatic heterocycles. The molecule has 13 heavy (non-hydrogen) atoms. The Kier molecular flexibility index (Phi) is 1.83. The molecule has 0 aliphatic carbocycles.